The molecule has 0 unspecified atom stereocenters. The number of aliphatic hydroxyl groups is 1. The Morgan fingerprint density at radius 2 is 2.16 bits per heavy atom. The van der Waals surface area contributed by atoms with E-state index in [9.17, 15) is 0 Å². The van der Waals surface area contributed by atoms with E-state index in [1.165, 1.54) is 0 Å². The van der Waals surface area contributed by atoms with Crippen LogP contribution in [0.3, 0.4) is 0 Å². The molecule has 1 aromatic heterocycles. The Morgan fingerprint density at radius 1 is 1.32 bits per heavy atom. The van der Waals surface area contributed by atoms with Crippen molar-refractivity contribution in [3.63, 3.8) is 0 Å². The van der Waals surface area contributed by atoms with E-state index in [-0.39, 0.29) is 12.6 Å². The van der Waals surface area contributed by atoms with E-state index in [0.29, 0.717) is 23.6 Å². The largest absolute Gasteiger partial charge is 0.424 e. The molecule has 5 heteroatoms. The highest BCUT2D eigenvalue weighted by Gasteiger charge is 2.05. The molecule has 0 aliphatic rings. The zero-order chi connectivity index (χ0) is 13.7. The molecule has 0 fully saturated rings. The maximum Gasteiger partial charge on any atom is 0.322 e. The minimum Gasteiger partial charge on any atom is -0.424 e. The first-order valence-electron chi connectivity index (χ1n) is 5.92. The normalized spacial score (nSPS) is 10.5. The van der Waals surface area contributed by atoms with Gasteiger partial charge in [-0.25, -0.2) is 4.98 Å². The maximum absolute atomic E-state index is 9.06. The van der Waals surface area contributed by atoms with Gasteiger partial charge in [-0.05, 0) is 24.6 Å². The summed E-state index contributed by atoms with van der Waals surface area (Å²) in [5, 5.41) is 9.06. The van der Waals surface area contributed by atoms with Gasteiger partial charge in [-0.15, -0.1) is 0 Å². The molecule has 0 spiro atoms. The van der Waals surface area contributed by atoms with Crippen molar-refractivity contribution in [1.82, 2.24) is 9.97 Å². The molecule has 1 N–H and O–H groups in total. The van der Waals surface area contributed by atoms with Crippen molar-refractivity contribution in [1.29, 1.82) is 0 Å². The molecule has 1 aromatic carbocycles. The summed E-state index contributed by atoms with van der Waals surface area (Å²) in [7, 11) is 1.65. The van der Waals surface area contributed by atoms with Crippen LogP contribution in [-0.4, -0.2) is 22.2 Å². The second-order valence-corrected chi connectivity index (χ2v) is 4.10. The van der Waals surface area contributed by atoms with Crippen molar-refractivity contribution in [2.24, 2.45) is 0 Å². The number of aryl methyl sites for hydroxylation is 1. The van der Waals surface area contributed by atoms with E-state index in [0.717, 1.165) is 5.56 Å². The Morgan fingerprint density at radius 3 is 2.84 bits per heavy atom. The van der Waals surface area contributed by atoms with Gasteiger partial charge in [-0.1, -0.05) is 12.1 Å². The van der Waals surface area contributed by atoms with E-state index >= 15 is 0 Å². The molecule has 19 heavy (non-hydrogen) atoms. The quantitative estimate of drug-likeness (QED) is 0.893. The van der Waals surface area contributed by atoms with Crippen molar-refractivity contribution >= 4 is 0 Å². The fraction of sp³-hybridized carbons (Fsp3) is 0.286. The van der Waals surface area contributed by atoms with Gasteiger partial charge in [-0.3, -0.25) is 0 Å². The van der Waals surface area contributed by atoms with Crippen LogP contribution in [0.1, 0.15) is 16.8 Å². The number of aromatic nitrogens is 2. The monoisotopic (exact) mass is 260 g/mol. The molecule has 2 rings (SSSR count). The molecule has 0 amide bonds. The summed E-state index contributed by atoms with van der Waals surface area (Å²) in [5.74, 6) is 0.658. The lowest BCUT2D eigenvalue weighted by Crippen LogP contribution is -1.98. The summed E-state index contributed by atoms with van der Waals surface area (Å²) < 4.78 is 10.7. The third-order valence-electron chi connectivity index (χ3n) is 2.65. The summed E-state index contributed by atoms with van der Waals surface area (Å²) in [6.07, 6.45) is 1.57. The number of ether oxygens (including phenoxy) is 2. The first kappa shape index (κ1) is 13.5. The van der Waals surface area contributed by atoms with E-state index in [1.807, 2.05) is 24.3 Å². The van der Waals surface area contributed by atoms with Gasteiger partial charge in [0.05, 0.1) is 18.9 Å². The van der Waals surface area contributed by atoms with Crippen LogP contribution >= 0.6 is 0 Å². The van der Waals surface area contributed by atoms with Crippen LogP contribution < -0.4 is 4.74 Å². The van der Waals surface area contributed by atoms with Gasteiger partial charge in [0, 0.05) is 18.9 Å². The van der Waals surface area contributed by atoms with Crippen LogP contribution in [0.15, 0.2) is 30.5 Å². The van der Waals surface area contributed by atoms with Gasteiger partial charge < -0.3 is 14.6 Å². The molecule has 0 saturated heterocycles. The molecule has 0 atom stereocenters. The second-order valence-electron chi connectivity index (χ2n) is 4.10. The number of rotatable bonds is 5. The lowest BCUT2D eigenvalue weighted by molar-refractivity contribution is 0.184. The van der Waals surface area contributed by atoms with E-state index < -0.39 is 0 Å². The third kappa shape index (κ3) is 3.49. The number of methoxy groups -OCH3 is 1. The molecule has 100 valence electrons. The summed E-state index contributed by atoms with van der Waals surface area (Å²) in [6.45, 7) is 2.26. The third-order valence-corrected chi connectivity index (χ3v) is 2.65. The highest BCUT2D eigenvalue weighted by Crippen LogP contribution is 2.20. The Labute approximate surface area is 111 Å². The smallest absolute Gasteiger partial charge is 0.322 e. The Balaban J connectivity index is 2.16. The van der Waals surface area contributed by atoms with Gasteiger partial charge in [-0.2, -0.15) is 4.98 Å². The van der Waals surface area contributed by atoms with Crippen molar-refractivity contribution in [3.8, 4) is 11.8 Å². The van der Waals surface area contributed by atoms with Gasteiger partial charge >= 0.3 is 6.01 Å². The Bertz CT molecular complexity index is 558. The van der Waals surface area contributed by atoms with Crippen molar-refractivity contribution < 1.29 is 14.6 Å². The average Bonchev–Trinajstić information content (AvgIpc) is 2.40. The first-order valence-corrected chi connectivity index (χ1v) is 5.92. The second kappa shape index (κ2) is 6.26. The van der Waals surface area contributed by atoms with Crippen molar-refractivity contribution in [2.75, 3.05) is 7.11 Å². The molecule has 2 aromatic rings. The molecule has 0 radical (unpaired) electrons. The fourth-order valence-electron chi connectivity index (χ4n) is 1.65. The lowest BCUT2D eigenvalue weighted by Gasteiger charge is -2.07. The van der Waals surface area contributed by atoms with Crippen LogP contribution in [0, 0.1) is 6.92 Å². The van der Waals surface area contributed by atoms with Crippen LogP contribution in [0.25, 0.3) is 0 Å². The molecule has 1 heterocycles. The number of hydrogen-bond donors (Lipinski definition) is 1. The minimum absolute atomic E-state index is 0.0740. The summed E-state index contributed by atoms with van der Waals surface area (Å²) >= 11 is 0. The van der Waals surface area contributed by atoms with Gasteiger partial charge in [0.1, 0.15) is 5.75 Å². The zero-order valence-electron chi connectivity index (χ0n) is 11.0. The van der Waals surface area contributed by atoms with Gasteiger partial charge in [0.2, 0.25) is 0 Å². The van der Waals surface area contributed by atoms with E-state index in [2.05, 4.69) is 9.97 Å². The molecular formula is C14H16N2O3. The molecule has 0 bridgehead atoms. The number of hydrogen-bond acceptors (Lipinski definition) is 5. The molecule has 0 saturated carbocycles. The van der Waals surface area contributed by atoms with Gasteiger partial charge in [0.15, 0.2) is 0 Å². The predicted molar refractivity (Wildman–Crippen MR) is 69.9 cm³/mol. The van der Waals surface area contributed by atoms with Crippen LogP contribution in [0.5, 0.6) is 11.8 Å². The highest BCUT2D eigenvalue weighted by atomic mass is 16.5. The Hall–Kier alpha value is -1.98. The SMILES string of the molecule is COCc1cccc(Oc2ncc(CO)c(C)n2)c1. The first-order chi connectivity index (χ1) is 9.22. The molecule has 0 aliphatic heterocycles. The predicted octanol–water partition coefficient (Wildman–Crippen LogP) is 2.22. The number of nitrogens with zero attached hydrogens (tertiary/aromatic N) is 2. The van der Waals surface area contributed by atoms with Crippen LogP contribution in [0.2, 0.25) is 0 Å². The summed E-state index contributed by atoms with van der Waals surface area (Å²) in [6, 6.07) is 7.82. The van der Waals surface area contributed by atoms with Crippen LogP contribution in [-0.2, 0) is 18.0 Å². The van der Waals surface area contributed by atoms with Crippen molar-refractivity contribution in [2.45, 2.75) is 20.1 Å². The maximum atomic E-state index is 9.06. The topological polar surface area (TPSA) is 64.5 Å². The summed E-state index contributed by atoms with van der Waals surface area (Å²) in [5.41, 5.74) is 2.42. The van der Waals surface area contributed by atoms with Crippen LogP contribution in [0.4, 0.5) is 0 Å². The van der Waals surface area contributed by atoms with E-state index in [1.54, 1.807) is 20.2 Å². The molecule has 0 aliphatic carbocycles. The number of benzene rings is 1. The van der Waals surface area contributed by atoms with Crippen molar-refractivity contribution in [3.05, 3.63) is 47.3 Å². The Kier molecular flexibility index (Phi) is 4.43. The number of aliphatic hydroxyl groups excluding tert-OH is 1. The zero-order valence-corrected chi connectivity index (χ0v) is 11.0. The lowest BCUT2D eigenvalue weighted by atomic mass is 10.2. The fourth-order valence-corrected chi connectivity index (χ4v) is 1.65. The minimum atomic E-state index is -0.0740. The van der Waals surface area contributed by atoms with Gasteiger partial charge in [0.25, 0.3) is 0 Å². The standard InChI is InChI=1S/C14H16N2O3/c1-10-12(8-17)7-15-14(16-10)19-13-5-3-4-11(6-13)9-18-2/h3-7,17H,8-9H2,1-2H3. The molecular weight excluding hydrogens is 244 g/mol. The van der Waals surface area contributed by atoms with E-state index in [4.69, 9.17) is 14.6 Å². The highest BCUT2D eigenvalue weighted by molar-refractivity contribution is 5.30. The molecule has 5 nitrogen and oxygen atoms in total. The average molecular weight is 260 g/mol. The summed E-state index contributed by atoms with van der Waals surface area (Å²) in [4.78, 5) is 8.25.